The van der Waals surface area contributed by atoms with E-state index in [9.17, 15) is 4.79 Å². The number of aryl methyl sites for hydroxylation is 1. The third-order valence-corrected chi connectivity index (χ3v) is 4.40. The van der Waals surface area contributed by atoms with Gasteiger partial charge in [0.2, 0.25) is 4.96 Å². The zero-order valence-corrected chi connectivity index (χ0v) is 13.9. The maximum absolute atomic E-state index is 12.1. The van der Waals surface area contributed by atoms with Crippen LogP contribution >= 0.6 is 22.9 Å². The van der Waals surface area contributed by atoms with E-state index in [-0.39, 0.29) is 5.56 Å². The number of benzene rings is 1. The first-order valence-electron chi connectivity index (χ1n) is 6.93. The first-order chi connectivity index (χ1) is 10.6. The van der Waals surface area contributed by atoms with Crippen LogP contribution in [0.25, 0.3) is 4.96 Å². The number of anilines is 1. The lowest BCUT2D eigenvalue weighted by molar-refractivity contribution is 0.793. The van der Waals surface area contributed by atoms with Gasteiger partial charge in [0.05, 0.1) is 12.2 Å². The second-order valence-corrected chi connectivity index (χ2v) is 6.49. The molecule has 0 fully saturated rings. The molecule has 0 bridgehead atoms. The second-order valence-electron chi connectivity index (χ2n) is 4.89. The molecule has 0 atom stereocenters. The number of halogens is 1. The monoisotopic (exact) mass is 334 g/mol. The fourth-order valence-electron chi connectivity index (χ4n) is 2.27. The van der Waals surface area contributed by atoms with Gasteiger partial charge in [-0.2, -0.15) is 9.61 Å². The molecule has 2 heterocycles. The first-order valence-corrected chi connectivity index (χ1v) is 8.13. The van der Waals surface area contributed by atoms with Gasteiger partial charge in [-0.3, -0.25) is 4.79 Å². The Hall–Kier alpha value is -1.92. The number of hydrogen-bond donors (Lipinski definition) is 0. The fraction of sp³-hybridized carbons (Fsp3) is 0.267. The molecular weight excluding hydrogens is 320 g/mol. The van der Waals surface area contributed by atoms with Gasteiger partial charge in [0.1, 0.15) is 5.01 Å². The maximum atomic E-state index is 12.1. The van der Waals surface area contributed by atoms with E-state index in [1.807, 2.05) is 31.2 Å². The van der Waals surface area contributed by atoms with Crippen molar-refractivity contribution in [2.24, 2.45) is 0 Å². The predicted molar refractivity (Wildman–Crippen MR) is 90.0 cm³/mol. The third-order valence-electron chi connectivity index (χ3n) is 3.33. The Labute approximate surface area is 136 Å². The summed E-state index contributed by atoms with van der Waals surface area (Å²) < 4.78 is 1.35. The summed E-state index contributed by atoms with van der Waals surface area (Å²) in [5.41, 5.74) is 1.65. The van der Waals surface area contributed by atoms with Gasteiger partial charge in [0, 0.05) is 23.3 Å². The van der Waals surface area contributed by atoms with E-state index in [2.05, 4.69) is 21.9 Å². The predicted octanol–water partition coefficient (Wildman–Crippen LogP) is 3.14. The Morgan fingerprint density at radius 2 is 2.05 bits per heavy atom. The van der Waals surface area contributed by atoms with E-state index >= 15 is 0 Å². The minimum absolute atomic E-state index is 0.142. The van der Waals surface area contributed by atoms with Crippen molar-refractivity contribution < 1.29 is 0 Å². The molecule has 0 N–H and O–H groups in total. The molecule has 0 aliphatic rings. The molecule has 0 amide bonds. The fourth-order valence-corrected chi connectivity index (χ4v) is 3.16. The maximum Gasteiger partial charge on any atom is 0.275 e. The minimum atomic E-state index is -0.142. The smallest absolute Gasteiger partial charge is 0.275 e. The largest absolute Gasteiger partial charge is 0.366 e. The SMILES string of the molecule is CCN(Cc1cc(=O)n2nc(C)sc2n1)c1ccc(Cl)cc1. The molecule has 22 heavy (non-hydrogen) atoms. The van der Waals surface area contributed by atoms with Crippen LogP contribution in [0.3, 0.4) is 0 Å². The van der Waals surface area contributed by atoms with E-state index < -0.39 is 0 Å². The standard InChI is InChI=1S/C15H15ClN4OS/c1-3-19(13-6-4-11(16)5-7-13)9-12-8-14(21)20-15(17-12)22-10(2)18-20/h4-8H,3,9H2,1-2H3. The second kappa shape index (κ2) is 6.06. The van der Waals surface area contributed by atoms with Gasteiger partial charge in [-0.25, -0.2) is 4.98 Å². The summed E-state index contributed by atoms with van der Waals surface area (Å²) in [5, 5.41) is 5.68. The van der Waals surface area contributed by atoms with Crippen molar-refractivity contribution in [1.29, 1.82) is 0 Å². The molecule has 0 saturated heterocycles. The minimum Gasteiger partial charge on any atom is -0.366 e. The molecule has 0 radical (unpaired) electrons. The Morgan fingerprint density at radius 3 is 2.73 bits per heavy atom. The van der Waals surface area contributed by atoms with Gasteiger partial charge >= 0.3 is 0 Å². The number of nitrogens with zero attached hydrogens (tertiary/aromatic N) is 4. The summed E-state index contributed by atoms with van der Waals surface area (Å²) in [6.07, 6.45) is 0. The van der Waals surface area contributed by atoms with Gasteiger partial charge in [-0.1, -0.05) is 22.9 Å². The Balaban J connectivity index is 1.93. The van der Waals surface area contributed by atoms with Crippen LogP contribution in [0.5, 0.6) is 0 Å². The highest BCUT2D eigenvalue weighted by atomic mass is 35.5. The highest BCUT2D eigenvalue weighted by Crippen LogP contribution is 2.19. The molecule has 0 aliphatic heterocycles. The Bertz CT molecular complexity index is 856. The number of rotatable bonds is 4. The molecule has 0 saturated carbocycles. The summed E-state index contributed by atoms with van der Waals surface area (Å²) in [4.78, 5) is 19.4. The Morgan fingerprint density at radius 1 is 1.32 bits per heavy atom. The van der Waals surface area contributed by atoms with E-state index in [4.69, 9.17) is 11.6 Å². The van der Waals surface area contributed by atoms with E-state index in [1.165, 1.54) is 15.9 Å². The van der Waals surface area contributed by atoms with Crippen LogP contribution in [-0.4, -0.2) is 21.1 Å². The van der Waals surface area contributed by atoms with E-state index in [1.54, 1.807) is 6.07 Å². The molecule has 114 valence electrons. The van der Waals surface area contributed by atoms with Crippen molar-refractivity contribution in [2.75, 3.05) is 11.4 Å². The Kier molecular flexibility index (Phi) is 4.13. The average molecular weight is 335 g/mol. The molecule has 7 heteroatoms. The summed E-state index contributed by atoms with van der Waals surface area (Å²) >= 11 is 7.35. The lowest BCUT2D eigenvalue weighted by Gasteiger charge is -2.22. The molecular formula is C15H15ClN4OS. The summed E-state index contributed by atoms with van der Waals surface area (Å²) in [5.74, 6) is 0. The molecule has 1 aromatic carbocycles. The topological polar surface area (TPSA) is 50.5 Å². The molecule has 5 nitrogen and oxygen atoms in total. The lowest BCUT2D eigenvalue weighted by Crippen LogP contribution is -2.24. The van der Waals surface area contributed by atoms with Gasteiger partial charge in [0.15, 0.2) is 0 Å². The third kappa shape index (κ3) is 2.98. The van der Waals surface area contributed by atoms with E-state index in [0.717, 1.165) is 22.9 Å². The van der Waals surface area contributed by atoms with Crippen molar-refractivity contribution in [1.82, 2.24) is 14.6 Å². The van der Waals surface area contributed by atoms with Gasteiger partial charge in [-0.15, -0.1) is 0 Å². The van der Waals surface area contributed by atoms with E-state index in [0.29, 0.717) is 16.5 Å². The summed E-state index contributed by atoms with van der Waals surface area (Å²) in [6, 6.07) is 9.20. The van der Waals surface area contributed by atoms with Crippen LogP contribution in [0.4, 0.5) is 5.69 Å². The van der Waals surface area contributed by atoms with Crippen molar-refractivity contribution in [3.05, 3.63) is 56.4 Å². The van der Waals surface area contributed by atoms with Crippen molar-refractivity contribution in [3.63, 3.8) is 0 Å². The number of aromatic nitrogens is 3. The van der Waals surface area contributed by atoms with Crippen molar-refractivity contribution in [3.8, 4) is 0 Å². The van der Waals surface area contributed by atoms with Crippen LogP contribution in [0.2, 0.25) is 5.02 Å². The molecule has 0 spiro atoms. The molecule has 0 aliphatic carbocycles. The highest BCUT2D eigenvalue weighted by molar-refractivity contribution is 7.16. The number of fused-ring (bicyclic) bond motifs is 1. The quantitative estimate of drug-likeness (QED) is 0.735. The van der Waals surface area contributed by atoms with Crippen LogP contribution in [0, 0.1) is 6.92 Å². The van der Waals surface area contributed by atoms with Crippen LogP contribution in [0.15, 0.2) is 35.1 Å². The molecule has 3 aromatic rings. The molecule has 3 rings (SSSR count). The van der Waals surface area contributed by atoms with Crippen molar-refractivity contribution in [2.45, 2.75) is 20.4 Å². The zero-order chi connectivity index (χ0) is 15.7. The van der Waals surface area contributed by atoms with Crippen molar-refractivity contribution >= 4 is 33.6 Å². The number of hydrogen-bond acceptors (Lipinski definition) is 5. The lowest BCUT2D eigenvalue weighted by atomic mass is 10.2. The highest BCUT2D eigenvalue weighted by Gasteiger charge is 2.10. The van der Waals surface area contributed by atoms with Crippen LogP contribution in [-0.2, 0) is 6.54 Å². The summed E-state index contributed by atoms with van der Waals surface area (Å²) in [6.45, 7) is 5.31. The molecule has 0 unspecified atom stereocenters. The first kappa shape index (κ1) is 15.0. The van der Waals surface area contributed by atoms with Crippen LogP contribution < -0.4 is 10.5 Å². The average Bonchev–Trinajstić information content (AvgIpc) is 2.87. The summed E-state index contributed by atoms with van der Waals surface area (Å²) in [7, 11) is 0. The zero-order valence-electron chi connectivity index (χ0n) is 12.3. The normalized spacial score (nSPS) is 11.0. The van der Waals surface area contributed by atoms with Gasteiger partial charge in [0.25, 0.3) is 5.56 Å². The van der Waals surface area contributed by atoms with Gasteiger partial charge in [-0.05, 0) is 38.1 Å². The van der Waals surface area contributed by atoms with Crippen LogP contribution in [0.1, 0.15) is 17.6 Å². The molecule has 2 aromatic heterocycles. The van der Waals surface area contributed by atoms with Gasteiger partial charge < -0.3 is 4.90 Å².